The zero-order valence-electron chi connectivity index (χ0n) is 17.3. The number of rotatable bonds is 4. The molecule has 0 unspecified atom stereocenters. The molecule has 0 fully saturated rings. The number of benzene rings is 1. The first kappa shape index (κ1) is 21.4. The van der Waals surface area contributed by atoms with Crippen molar-refractivity contribution in [2.24, 2.45) is 0 Å². The molecule has 12 heteroatoms. The predicted octanol–water partition coefficient (Wildman–Crippen LogP) is 1.20. The molecule has 0 saturated heterocycles. The van der Waals surface area contributed by atoms with E-state index in [1.165, 1.54) is 18.2 Å². The predicted molar refractivity (Wildman–Crippen MR) is 114 cm³/mol. The topological polar surface area (TPSA) is 145 Å². The molecule has 3 amide bonds. The number of hydrogen-bond acceptors (Lipinski definition) is 8. The molecule has 0 saturated carbocycles. The van der Waals surface area contributed by atoms with Gasteiger partial charge in [0.25, 0.3) is 10.0 Å². The van der Waals surface area contributed by atoms with Crippen LogP contribution in [0.5, 0.6) is 5.75 Å². The number of nitriles is 1. The summed E-state index contributed by atoms with van der Waals surface area (Å²) in [6.07, 6.45) is 1.58. The summed E-state index contributed by atoms with van der Waals surface area (Å²) >= 11 is 0. The van der Waals surface area contributed by atoms with Crippen molar-refractivity contribution in [1.29, 1.82) is 5.26 Å². The van der Waals surface area contributed by atoms with Crippen LogP contribution in [0.4, 0.5) is 16.2 Å². The molecule has 0 aliphatic carbocycles. The fourth-order valence-electron chi connectivity index (χ4n) is 3.55. The highest BCUT2D eigenvalue weighted by molar-refractivity contribution is 7.90. The number of nitrogens with one attached hydrogen (secondary N) is 2. The van der Waals surface area contributed by atoms with E-state index in [0.717, 1.165) is 5.69 Å². The lowest BCUT2D eigenvalue weighted by atomic mass is 10.1. The zero-order chi connectivity index (χ0) is 23.0. The van der Waals surface area contributed by atoms with E-state index in [-0.39, 0.29) is 16.1 Å². The van der Waals surface area contributed by atoms with Gasteiger partial charge < -0.3 is 20.3 Å². The number of urea groups is 1. The van der Waals surface area contributed by atoms with E-state index < -0.39 is 34.5 Å². The highest BCUT2D eigenvalue weighted by Gasteiger charge is 2.39. The average molecular weight is 456 g/mol. The molecular formula is C20H20N6O5S. The van der Waals surface area contributed by atoms with Crippen molar-refractivity contribution in [2.75, 3.05) is 37.0 Å². The van der Waals surface area contributed by atoms with E-state index in [2.05, 4.69) is 15.6 Å². The van der Waals surface area contributed by atoms with Gasteiger partial charge in [-0.1, -0.05) is 6.07 Å². The molecule has 2 aromatic rings. The van der Waals surface area contributed by atoms with Crippen LogP contribution >= 0.6 is 0 Å². The summed E-state index contributed by atoms with van der Waals surface area (Å²) in [5.74, 6) is -0.0534. The number of fused-ring (bicyclic) bond motifs is 2. The Bertz CT molecular complexity index is 1260. The van der Waals surface area contributed by atoms with Gasteiger partial charge >= 0.3 is 6.03 Å². The number of aromatic nitrogens is 1. The highest BCUT2D eigenvalue weighted by atomic mass is 32.2. The summed E-state index contributed by atoms with van der Waals surface area (Å²) < 4.78 is 31.9. The maximum absolute atomic E-state index is 13.0. The maximum Gasteiger partial charge on any atom is 0.336 e. The maximum atomic E-state index is 13.0. The van der Waals surface area contributed by atoms with Gasteiger partial charge in [-0.25, -0.2) is 17.5 Å². The number of anilines is 2. The normalized spacial score (nSPS) is 17.2. The van der Waals surface area contributed by atoms with E-state index in [4.69, 9.17) is 4.74 Å². The van der Waals surface area contributed by atoms with Gasteiger partial charge in [0.05, 0.1) is 41.4 Å². The lowest BCUT2D eigenvalue weighted by molar-refractivity contribution is -0.121. The second kappa shape index (κ2) is 8.01. The molecule has 1 aromatic carbocycles. The number of sulfonamides is 1. The summed E-state index contributed by atoms with van der Waals surface area (Å²) in [5.41, 5.74) is 1.27. The number of amides is 3. The summed E-state index contributed by atoms with van der Waals surface area (Å²) in [7, 11) is -2.47. The van der Waals surface area contributed by atoms with Crippen LogP contribution in [0.25, 0.3) is 0 Å². The minimum absolute atomic E-state index is 0.00340. The smallest absolute Gasteiger partial charge is 0.336 e. The van der Waals surface area contributed by atoms with E-state index in [1.807, 2.05) is 11.9 Å². The lowest BCUT2D eigenvalue weighted by Crippen LogP contribution is -2.49. The quantitative estimate of drug-likeness (QED) is 0.698. The molecule has 166 valence electrons. The van der Waals surface area contributed by atoms with Gasteiger partial charge in [-0.3, -0.25) is 9.78 Å². The zero-order valence-corrected chi connectivity index (χ0v) is 18.1. The van der Waals surface area contributed by atoms with Crippen molar-refractivity contribution in [3.8, 4) is 11.8 Å². The third-order valence-corrected chi connectivity index (χ3v) is 7.05. The van der Waals surface area contributed by atoms with Crippen molar-refractivity contribution in [3.63, 3.8) is 0 Å². The largest absolute Gasteiger partial charge is 0.488 e. The number of carbonyl (C=O) groups is 2. The molecule has 11 nitrogen and oxygen atoms in total. The fraction of sp³-hybridized carbons (Fsp3) is 0.300. The molecule has 0 spiro atoms. The van der Waals surface area contributed by atoms with E-state index in [0.29, 0.717) is 28.9 Å². The Morgan fingerprint density at radius 3 is 2.97 bits per heavy atom. The van der Waals surface area contributed by atoms with Crippen molar-refractivity contribution >= 4 is 33.3 Å². The van der Waals surface area contributed by atoms with Crippen molar-refractivity contribution in [3.05, 3.63) is 41.7 Å². The molecular weight excluding hydrogens is 436 g/mol. The average Bonchev–Trinajstić information content (AvgIpc) is 2.76. The van der Waals surface area contributed by atoms with Gasteiger partial charge in [0.15, 0.2) is 5.75 Å². The number of pyridine rings is 1. The summed E-state index contributed by atoms with van der Waals surface area (Å²) in [5, 5.41) is 14.3. The third kappa shape index (κ3) is 3.67. The molecule has 0 radical (unpaired) electrons. The van der Waals surface area contributed by atoms with Gasteiger partial charge in [-0.05, 0) is 25.1 Å². The summed E-state index contributed by atoms with van der Waals surface area (Å²) in [4.78, 5) is 31.0. The summed E-state index contributed by atoms with van der Waals surface area (Å²) in [6.45, 7) is 2.22. The Hall–Kier alpha value is -3.85. The Kier molecular flexibility index (Phi) is 5.35. The fourth-order valence-corrected chi connectivity index (χ4v) is 5.11. The van der Waals surface area contributed by atoms with Gasteiger partial charge in [-0.2, -0.15) is 5.26 Å². The van der Waals surface area contributed by atoms with Crippen LogP contribution in [0.1, 0.15) is 24.2 Å². The van der Waals surface area contributed by atoms with E-state index in [9.17, 15) is 23.3 Å². The molecule has 32 heavy (non-hydrogen) atoms. The number of ether oxygens (including phenoxy) is 1. The van der Waals surface area contributed by atoms with E-state index >= 15 is 0 Å². The van der Waals surface area contributed by atoms with Crippen molar-refractivity contribution in [1.82, 2.24) is 14.6 Å². The molecule has 0 bridgehead atoms. The van der Waals surface area contributed by atoms with Crippen molar-refractivity contribution in [2.45, 2.75) is 17.9 Å². The first-order valence-electron chi connectivity index (χ1n) is 9.72. The monoisotopic (exact) mass is 456 g/mol. The highest BCUT2D eigenvalue weighted by Crippen LogP contribution is 2.33. The Balaban J connectivity index is 1.52. The lowest BCUT2D eigenvalue weighted by Gasteiger charge is -2.29. The minimum atomic E-state index is -4.39. The Morgan fingerprint density at radius 1 is 1.44 bits per heavy atom. The molecule has 2 N–H and O–H groups in total. The van der Waals surface area contributed by atoms with E-state index in [1.54, 1.807) is 25.3 Å². The van der Waals surface area contributed by atoms with Crippen LogP contribution in [0.2, 0.25) is 0 Å². The number of hydrogen-bond donors (Lipinski definition) is 2. The molecule has 4 rings (SSSR count). The second-order valence-corrected chi connectivity index (χ2v) is 9.17. The SMILES string of the molecule is C[C@@H](NC(=O)CN1C(=O)Nc2cccc(C#N)c2S1(=O)=O)c1cc2c(cn1)OCCN2C. The van der Waals surface area contributed by atoms with Gasteiger partial charge in [0.1, 0.15) is 24.1 Å². The number of nitrogens with zero attached hydrogens (tertiary/aromatic N) is 4. The standard InChI is InChI=1S/C20H20N6O5S/c1-12(15-8-16-17(10-22-15)31-7-6-25(16)2)23-18(27)11-26-20(28)24-14-5-3-4-13(9-21)19(14)32(26,29)30/h3-5,8,10,12H,6-7,11H2,1-2H3,(H,23,27)(H,24,28)/t12-/m1/s1. The van der Waals surface area contributed by atoms with Crippen LogP contribution in [0.3, 0.4) is 0 Å². The van der Waals surface area contributed by atoms with Gasteiger partial charge in [0, 0.05) is 7.05 Å². The molecule has 2 aliphatic heterocycles. The number of likely N-dealkylation sites (N-methyl/N-ethyl adjacent to an activating group) is 1. The van der Waals surface area contributed by atoms with Crippen LogP contribution in [-0.4, -0.2) is 56.4 Å². The van der Waals surface area contributed by atoms with Crippen LogP contribution in [0, 0.1) is 11.3 Å². The van der Waals surface area contributed by atoms with Crippen LogP contribution < -0.4 is 20.3 Å². The first-order valence-corrected chi connectivity index (χ1v) is 11.2. The molecule has 3 heterocycles. The van der Waals surface area contributed by atoms with Crippen molar-refractivity contribution < 1.29 is 22.7 Å². The second-order valence-electron chi connectivity index (χ2n) is 7.37. The molecule has 1 atom stereocenters. The Morgan fingerprint density at radius 2 is 2.22 bits per heavy atom. The first-order chi connectivity index (χ1) is 15.2. The Labute approximate surface area is 184 Å². The van der Waals surface area contributed by atoms with Crippen LogP contribution in [-0.2, 0) is 14.8 Å². The molecule has 1 aromatic heterocycles. The minimum Gasteiger partial charge on any atom is -0.488 e. The van der Waals surface area contributed by atoms with Crippen LogP contribution in [0.15, 0.2) is 35.4 Å². The van der Waals surface area contributed by atoms with Gasteiger partial charge in [-0.15, -0.1) is 0 Å². The van der Waals surface area contributed by atoms with Gasteiger partial charge in [0.2, 0.25) is 5.91 Å². The number of carbonyl (C=O) groups excluding carboxylic acids is 2. The third-order valence-electron chi connectivity index (χ3n) is 5.22. The molecule has 2 aliphatic rings. The summed E-state index contributed by atoms with van der Waals surface area (Å²) in [6, 6.07) is 6.24.